The molecule has 4 heterocycles. The Kier molecular flexibility index (Phi) is 9.31. The number of quaternary nitrogens is 1. The van der Waals surface area contributed by atoms with Crippen molar-refractivity contribution < 1.29 is 18.8 Å². The molecule has 0 saturated carbocycles. The smallest absolute Gasteiger partial charge is 0.227 e. The first-order chi connectivity index (χ1) is 21.2. The highest BCUT2D eigenvalue weighted by Gasteiger charge is 2.50. The number of amides is 1. The topological polar surface area (TPSA) is 38.8 Å². The van der Waals surface area contributed by atoms with Crippen LogP contribution in [0, 0.1) is 0 Å². The molecule has 4 saturated heterocycles. The zero-order chi connectivity index (χ0) is 30.8. The second-order valence-corrected chi connectivity index (χ2v) is 14.3. The minimum absolute atomic E-state index is 0.0822. The molecule has 0 N–H and O–H groups in total. The standard InChI is InChI=1S/C37H45Cl2N2O3/c1-28(2)44-32-11-6-8-29(24-32)25-35(42)40-18-7-14-37(27-40,31-12-13-33(38)34(39)26-31)43-23-22-41-19-15-36(16-20-41,17-21-41)30-9-4-3-5-10-30/h3-6,8-13,24,26,28H,7,14-23,25,27H2,1-2H3/q+1. The minimum Gasteiger partial charge on any atom is -0.491 e. The second-order valence-electron chi connectivity index (χ2n) is 13.5. The van der Waals surface area contributed by atoms with Crippen molar-refractivity contribution in [3.8, 4) is 5.75 Å². The molecule has 1 amide bonds. The van der Waals surface area contributed by atoms with E-state index in [0.29, 0.717) is 35.0 Å². The summed E-state index contributed by atoms with van der Waals surface area (Å²) in [7, 11) is 0. The molecule has 5 nitrogen and oxygen atoms in total. The van der Waals surface area contributed by atoms with Crippen molar-refractivity contribution >= 4 is 29.1 Å². The van der Waals surface area contributed by atoms with Crippen LogP contribution in [0.2, 0.25) is 10.0 Å². The summed E-state index contributed by atoms with van der Waals surface area (Å²) in [5.41, 5.74) is 3.18. The fraction of sp³-hybridized carbons (Fsp3) is 0.486. The number of hydrogen-bond donors (Lipinski definition) is 0. The number of hydrogen-bond acceptors (Lipinski definition) is 3. The summed E-state index contributed by atoms with van der Waals surface area (Å²) < 4.78 is 14.0. The summed E-state index contributed by atoms with van der Waals surface area (Å²) in [5.74, 6) is 0.895. The van der Waals surface area contributed by atoms with Gasteiger partial charge in [0.1, 0.15) is 17.9 Å². The third-order valence-corrected chi connectivity index (χ3v) is 11.1. The lowest BCUT2D eigenvalue weighted by molar-refractivity contribution is -0.943. The maximum atomic E-state index is 13.7. The van der Waals surface area contributed by atoms with Gasteiger partial charge in [-0.15, -0.1) is 0 Å². The molecule has 4 aliphatic rings. The van der Waals surface area contributed by atoms with E-state index >= 15 is 0 Å². The van der Waals surface area contributed by atoms with Gasteiger partial charge in [-0.3, -0.25) is 4.79 Å². The van der Waals surface area contributed by atoms with E-state index in [1.54, 1.807) is 0 Å². The fourth-order valence-electron chi connectivity index (χ4n) is 7.80. The number of likely N-dealkylation sites (tertiary alicyclic amines) is 1. The Morgan fingerprint density at radius 3 is 2.34 bits per heavy atom. The zero-order valence-corrected chi connectivity index (χ0v) is 27.6. The fourth-order valence-corrected chi connectivity index (χ4v) is 8.10. The SMILES string of the molecule is CC(C)Oc1cccc(CC(=O)N2CCCC(OCC[N+]34CCC(c5ccccc5)(CC3)CC4)(c3ccc(Cl)c(Cl)c3)C2)c1. The average molecular weight is 637 g/mol. The van der Waals surface area contributed by atoms with Crippen molar-refractivity contribution in [1.82, 2.24) is 4.90 Å². The normalized spacial score (nSPS) is 26.6. The van der Waals surface area contributed by atoms with Gasteiger partial charge in [-0.05, 0) is 67.6 Å². The summed E-state index contributed by atoms with van der Waals surface area (Å²) in [6, 6.07) is 24.8. The third-order valence-electron chi connectivity index (χ3n) is 10.4. The van der Waals surface area contributed by atoms with Crippen molar-refractivity contribution in [3.05, 3.63) is 99.5 Å². The van der Waals surface area contributed by atoms with E-state index in [2.05, 4.69) is 30.3 Å². The molecule has 2 bridgehead atoms. The van der Waals surface area contributed by atoms with Gasteiger partial charge in [0.15, 0.2) is 0 Å². The van der Waals surface area contributed by atoms with E-state index in [9.17, 15) is 4.79 Å². The maximum Gasteiger partial charge on any atom is 0.227 e. The highest BCUT2D eigenvalue weighted by molar-refractivity contribution is 6.42. The lowest BCUT2D eigenvalue weighted by atomic mass is 9.66. The van der Waals surface area contributed by atoms with Crippen molar-refractivity contribution in [3.63, 3.8) is 0 Å². The monoisotopic (exact) mass is 635 g/mol. The Bertz CT molecular complexity index is 1440. The van der Waals surface area contributed by atoms with Crippen LogP contribution in [0.15, 0.2) is 72.8 Å². The van der Waals surface area contributed by atoms with Crippen molar-refractivity contribution in [2.75, 3.05) is 45.9 Å². The van der Waals surface area contributed by atoms with Crippen LogP contribution in [0.1, 0.15) is 62.6 Å². The number of fused-ring (bicyclic) bond motifs is 3. The van der Waals surface area contributed by atoms with Crippen LogP contribution < -0.4 is 4.74 Å². The van der Waals surface area contributed by atoms with Crippen LogP contribution in [-0.2, 0) is 27.0 Å². The quantitative estimate of drug-likeness (QED) is 0.213. The summed E-state index contributed by atoms with van der Waals surface area (Å²) in [5, 5.41) is 1.04. The Hall–Kier alpha value is -2.57. The number of piperidine rings is 4. The molecule has 44 heavy (non-hydrogen) atoms. The largest absolute Gasteiger partial charge is 0.491 e. The molecule has 3 aromatic carbocycles. The molecule has 4 fully saturated rings. The van der Waals surface area contributed by atoms with Crippen LogP contribution in [0.4, 0.5) is 0 Å². The molecular weight excluding hydrogens is 591 g/mol. The lowest BCUT2D eigenvalue weighted by Gasteiger charge is -2.55. The van der Waals surface area contributed by atoms with E-state index in [-0.39, 0.29) is 12.0 Å². The second kappa shape index (κ2) is 13.0. The number of halogens is 2. The molecule has 0 aromatic heterocycles. The first kappa shape index (κ1) is 31.4. The molecule has 4 aliphatic heterocycles. The van der Waals surface area contributed by atoms with Crippen molar-refractivity contribution in [2.24, 2.45) is 0 Å². The van der Waals surface area contributed by atoms with Crippen LogP contribution in [0.25, 0.3) is 0 Å². The summed E-state index contributed by atoms with van der Waals surface area (Å²) in [4.78, 5) is 15.7. The minimum atomic E-state index is -0.623. The van der Waals surface area contributed by atoms with Crippen molar-refractivity contribution in [1.29, 1.82) is 0 Å². The number of carbonyl (C=O) groups excluding carboxylic acids is 1. The highest BCUT2D eigenvalue weighted by atomic mass is 35.5. The molecule has 1 atom stereocenters. The van der Waals surface area contributed by atoms with Gasteiger partial charge < -0.3 is 18.9 Å². The van der Waals surface area contributed by atoms with Gasteiger partial charge in [-0.1, -0.05) is 71.7 Å². The van der Waals surface area contributed by atoms with Crippen LogP contribution in [0.3, 0.4) is 0 Å². The van der Waals surface area contributed by atoms with E-state index in [1.165, 1.54) is 44.5 Å². The Balaban J connectivity index is 1.15. The number of carbonyl (C=O) groups is 1. The van der Waals surface area contributed by atoms with Crippen LogP contribution >= 0.6 is 23.2 Å². The van der Waals surface area contributed by atoms with Crippen LogP contribution in [0.5, 0.6) is 5.75 Å². The third kappa shape index (κ3) is 6.67. The van der Waals surface area contributed by atoms with E-state index in [4.69, 9.17) is 32.7 Å². The molecule has 0 radical (unpaired) electrons. The van der Waals surface area contributed by atoms with Gasteiger partial charge in [-0.2, -0.15) is 0 Å². The van der Waals surface area contributed by atoms with E-state index in [1.807, 2.05) is 61.2 Å². The summed E-state index contributed by atoms with van der Waals surface area (Å²) in [6.07, 6.45) is 5.82. The van der Waals surface area contributed by atoms with E-state index < -0.39 is 5.60 Å². The van der Waals surface area contributed by atoms with Gasteiger partial charge in [0.25, 0.3) is 0 Å². The number of rotatable bonds is 10. The van der Waals surface area contributed by atoms with Gasteiger partial charge in [-0.25, -0.2) is 0 Å². The van der Waals surface area contributed by atoms with E-state index in [0.717, 1.165) is 47.3 Å². The molecule has 1 unspecified atom stereocenters. The number of ether oxygens (including phenoxy) is 2. The lowest BCUT2D eigenvalue weighted by Crippen LogP contribution is -2.64. The molecule has 7 rings (SSSR count). The predicted molar refractivity (Wildman–Crippen MR) is 178 cm³/mol. The van der Waals surface area contributed by atoms with Crippen LogP contribution in [-0.4, -0.2) is 67.3 Å². The molecule has 234 valence electrons. The first-order valence-corrected chi connectivity index (χ1v) is 17.0. The average Bonchev–Trinajstić information content (AvgIpc) is 3.03. The van der Waals surface area contributed by atoms with Gasteiger partial charge in [0, 0.05) is 31.2 Å². The van der Waals surface area contributed by atoms with Crippen molar-refractivity contribution in [2.45, 2.75) is 69.5 Å². The molecule has 0 spiro atoms. The molecule has 3 aromatic rings. The summed E-state index contributed by atoms with van der Waals surface area (Å²) >= 11 is 12.9. The Morgan fingerprint density at radius 2 is 1.64 bits per heavy atom. The molecule has 7 heteroatoms. The zero-order valence-electron chi connectivity index (χ0n) is 26.1. The number of benzene rings is 3. The Labute approximate surface area is 272 Å². The maximum absolute atomic E-state index is 13.7. The van der Waals surface area contributed by atoms with Gasteiger partial charge in [0.05, 0.1) is 55.4 Å². The Morgan fingerprint density at radius 1 is 0.886 bits per heavy atom. The predicted octanol–water partition coefficient (Wildman–Crippen LogP) is 7.81. The highest BCUT2D eigenvalue weighted by Crippen LogP contribution is 2.46. The van der Waals surface area contributed by atoms with Gasteiger partial charge in [0.2, 0.25) is 5.91 Å². The number of nitrogens with zero attached hydrogens (tertiary/aromatic N) is 2. The molecular formula is C37H45Cl2N2O3+. The molecule has 0 aliphatic carbocycles. The first-order valence-electron chi connectivity index (χ1n) is 16.2. The summed E-state index contributed by atoms with van der Waals surface area (Å²) in [6.45, 7) is 10.5. The van der Waals surface area contributed by atoms with Gasteiger partial charge >= 0.3 is 0 Å².